The van der Waals surface area contributed by atoms with E-state index in [1.807, 2.05) is 0 Å². The fourth-order valence-corrected chi connectivity index (χ4v) is 1.22. The molecule has 1 aromatic rings. The number of ether oxygens (including phenoxy) is 1. The lowest BCUT2D eigenvalue weighted by Crippen LogP contribution is -2.10. The van der Waals surface area contributed by atoms with Crippen LogP contribution in [0.3, 0.4) is 0 Å². The molecule has 0 bridgehead atoms. The van der Waals surface area contributed by atoms with Crippen LogP contribution in [0.5, 0.6) is 5.75 Å². The van der Waals surface area contributed by atoms with Crippen molar-refractivity contribution in [3.05, 3.63) is 23.3 Å². The first-order valence-electron chi connectivity index (χ1n) is 4.77. The molecule has 1 rings (SSSR count). The third kappa shape index (κ3) is 3.08. The van der Waals surface area contributed by atoms with Gasteiger partial charge in [0.15, 0.2) is 5.82 Å². The minimum atomic E-state index is -3.18. The number of alkyl halides is 2. The minimum Gasteiger partial charge on any atom is -0.505 e. The van der Waals surface area contributed by atoms with Crippen LogP contribution < -0.4 is 0 Å². The number of halogens is 3. The molecule has 0 saturated carbocycles. The van der Waals surface area contributed by atoms with E-state index >= 15 is 0 Å². The van der Waals surface area contributed by atoms with Crippen molar-refractivity contribution in [2.75, 3.05) is 6.61 Å². The zero-order chi connectivity index (χ0) is 13.0. The van der Waals surface area contributed by atoms with Gasteiger partial charge < -0.3 is 9.84 Å². The quantitative estimate of drug-likeness (QED) is 0.829. The molecule has 0 aliphatic rings. The molecule has 1 N–H and O–H groups in total. The number of carbonyl (C=O) groups is 1. The molecule has 1 heterocycles. The predicted octanol–water partition coefficient (Wildman–Crippen LogP) is 1.97. The molecule has 0 atom stereocenters. The number of hydrogen-bond acceptors (Lipinski definition) is 4. The SMILES string of the molecule is CCOC(=O)Cc1ncc(F)c(C(F)F)c1O. The van der Waals surface area contributed by atoms with Gasteiger partial charge in [0.25, 0.3) is 6.43 Å². The highest BCUT2D eigenvalue weighted by atomic mass is 19.3. The Kier molecular flexibility index (Phi) is 4.30. The second-order valence-corrected chi connectivity index (χ2v) is 3.10. The molecule has 0 radical (unpaired) electrons. The average Bonchev–Trinajstić information content (AvgIpc) is 2.22. The molecule has 0 fully saturated rings. The van der Waals surface area contributed by atoms with Crippen LogP contribution in [0.4, 0.5) is 13.2 Å². The van der Waals surface area contributed by atoms with Crippen LogP contribution in [0, 0.1) is 5.82 Å². The molecule has 0 amide bonds. The Morgan fingerprint density at radius 2 is 2.24 bits per heavy atom. The Morgan fingerprint density at radius 3 is 2.76 bits per heavy atom. The maximum absolute atomic E-state index is 12.9. The van der Waals surface area contributed by atoms with Crippen molar-refractivity contribution in [3.8, 4) is 5.75 Å². The average molecular weight is 249 g/mol. The molecule has 0 aliphatic carbocycles. The highest BCUT2D eigenvalue weighted by molar-refractivity contribution is 5.73. The zero-order valence-electron chi connectivity index (χ0n) is 8.91. The molecule has 4 nitrogen and oxygen atoms in total. The molecule has 0 saturated heterocycles. The molecule has 0 spiro atoms. The summed E-state index contributed by atoms with van der Waals surface area (Å²) in [6, 6.07) is 0. The van der Waals surface area contributed by atoms with E-state index in [9.17, 15) is 23.1 Å². The summed E-state index contributed by atoms with van der Waals surface area (Å²) in [7, 11) is 0. The Balaban J connectivity index is 3.02. The molecular weight excluding hydrogens is 239 g/mol. The zero-order valence-corrected chi connectivity index (χ0v) is 8.91. The van der Waals surface area contributed by atoms with Crippen molar-refractivity contribution < 1.29 is 27.8 Å². The van der Waals surface area contributed by atoms with E-state index in [0.717, 1.165) is 0 Å². The van der Waals surface area contributed by atoms with Gasteiger partial charge in [0.1, 0.15) is 5.75 Å². The third-order valence-electron chi connectivity index (χ3n) is 1.95. The second kappa shape index (κ2) is 5.51. The highest BCUT2D eigenvalue weighted by Gasteiger charge is 2.23. The fraction of sp³-hybridized carbons (Fsp3) is 0.400. The van der Waals surface area contributed by atoms with Gasteiger partial charge >= 0.3 is 5.97 Å². The maximum Gasteiger partial charge on any atom is 0.312 e. The number of pyridine rings is 1. The Labute approximate surface area is 95.0 Å². The van der Waals surface area contributed by atoms with Crippen molar-refractivity contribution >= 4 is 5.97 Å². The van der Waals surface area contributed by atoms with Crippen molar-refractivity contribution in [2.45, 2.75) is 19.8 Å². The Bertz CT molecular complexity index is 424. The molecule has 0 aromatic carbocycles. The lowest BCUT2D eigenvalue weighted by Gasteiger charge is -2.08. The largest absolute Gasteiger partial charge is 0.505 e. The second-order valence-electron chi connectivity index (χ2n) is 3.10. The normalized spacial score (nSPS) is 10.6. The minimum absolute atomic E-state index is 0.114. The van der Waals surface area contributed by atoms with Crippen LogP contribution in [-0.4, -0.2) is 22.7 Å². The van der Waals surface area contributed by atoms with Crippen molar-refractivity contribution in [1.82, 2.24) is 4.98 Å². The van der Waals surface area contributed by atoms with Gasteiger partial charge in [-0.1, -0.05) is 0 Å². The smallest absolute Gasteiger partial charge is 0.312 e. The molecule has 0 unspecified atom stereocenters. The fourth-order valence-electron chi connectivity index (χ4n) is 1.22. The number of aromatic nitrogens is 1. The predicted molar refractivity (Wildman–Crippen MR) is 51.2 cm³/mol. The number of esters is 1. The van der Waals surface area contributed by atoms with Crippen LogP contribution >= 0.6 is 0 Å². The van der Waals surface area contributed by atoms with E-state index in [4.69, 9.17) is 0 Å². The first-order chi connectivity index (χ1) is 7.97. The number of nitrogens with zero attached hydrogens (tertiary/aromatic N) is 1. The van der Waals surface area contributed by atoms with E-state index < -0.39 is 35.9 Å². The summed E-state index contributed by atoms with van der Waals surface area (Å²) >= 11 is 0. The Hall–Kier alpha value is -1.79. The van der Waals surface area contributed by atoms with Crippen LogP contribution in [0.1, 0.15) is 24.6 Å². The van der Waals surface area contributed by atoms with Crippen LogP contribution in [0.2, 0.25) is 0 Å². The van der Waals surface area contributed by atoms with Gasteiger partial charge in [0, 0.05) is 0 Å². The molecule has 0 aliphatic heterocycles. The monoisotopic (exact) mass is 249 g/mol. The lowest BCUT2D eigenvalue weighted by atomic mass is 10.1. The molecular formula is C10H10F3NO3. The summed E-state index contributed by atoms with van der Waals surface area (Å²) in [6.07, 6.45) is -3.13. The van der Waals surface area contributed by atoms with Crippen LogP contribution in [0.25, 0.3) is 0 Å². The van der Waals surface area contributed by atoms with Crippen LogP contribution in [0.15, 0.2) is 6.20 Å². The summed E-state index contributed by atoms with van der Waals surface area (Å²) < 4.78 is 42.3. The summed E-state index contributed by atoms with van der Waals surface area (Å²) in [6.45, 7) is 1.68. The summed E-state index contributed by atoms with van der Waals surface area (Å²) in [5.41, 5.74) is -1.49. The maximum atomic E-state index is 12.9. The standard InChI is InChI=1S/C10H10F3NO3/c1-2-17-7(15)3-6-9(16)8(10(12)13)5(11)4-14-6/h4,10,16H,2-3H2,1H3. The van der Waals surface area contributed by atoms with Gasteiger partial charge in [0.05, 0.1) is 30.5 Å². The van der Waals surface area contributed by atoms with E-state index in [-0.39, 0.29) is 12.3 Å². The molecule has 17 heavy (non-hydrogen) atoms. The van der Waals surface area contributed by atoms with E-state index in [1.165, 1.54) is 0 Å². The third-order valence-corrected chi connectivity index (χ3v) is 1.95. The van der Waals surface area contributed by atoms with E-state index in [0.29, 0.717) is 6.20 Å². The van der Waals surface area contributed by atoms with E-state index in [1.54, 1.807) is 6.92 Å². The lowest BCUT2D eigenvalue weighted by molar-refractivity contribution is -0.142. The Morgan fingerprint density at radius 1 is 1.59 bits per heavy atom. The number of aromatic hydroxyl groups is 1. The summed E-state index contributed by atoms with van der Waals surface area (Å²) in [4.78, 5) is 14.5. The van der Waals surface area contributed by atoms with Crippen molar-refractivity contribution in [1.29, 1.82) is 0 Å². The van der Waals surface area contributed by atoms with E-state index in [2.05, 4.69) is 9.72 Å². The number of hydrogen-bond donors (Lipinski definition) is 1. The van der Waals surface area contributed by atoms with Gasteiger partial charge in [0.2, 0.25) is 0 Å². The van der Waals surface area contributed by atoms with Gasteiger partial charge in [-0.25, -0.2) is 13.2 Å². The number of rotatable bonds is 4. The first-order valence-corrected chi connectivity index (χ1v) is 4.77. The van der Waals surface area contributed by atoms with Gasteiger partial charge in [-0.3, -0.25) is 9.78 Å². The molecule has 1 aromatic heterocycles. The number of carbonyl (C=O) groups excluding carboxylic acids is 1. The van der Waals surface area contributed by atoms with Crippen LogP contribution in [-0.2, 0) is 16.0 Å². The van der Waals surface area contributed by atoms with Gasteiger partial charge in [-0.2, -0.15) is 0 Å². The van der Waals surface area contributed by atoms with Gasteiger partial charge in [-0.15, -0.1) is 0 Å². The van der Waals surface area contributed by atoms with Gasteiger partial charge in [-0.05, 0) is 6.92 Å². The van der Waals surface area contributed by atoms with Crippen molar-refractivity contribution in [3.63, 3.8) is 0 Å². The molecule has 94 valence electrons. The first kappa shape index (κ1) is 13.3. The summed E-state index contributed by atoms with van der Waals surface area (Å²) in [5, 5.41) is 9.37. The summed E-state index contributed by atoms with van der Waals surface area (Å²) in [5.74, 6) is -3.06. The molecule has 7 heteroatoms. The highest BCUT2D eigenvalue weighted by Crippen LogP contribution is 2.32. The van der Waals surface area contributed by atoms with Crippen molar-refractivity contribution in [2.24, 2.45) is 0 Å². The topological polar surface area (TPSA) is 59.4 Å².